The highest BCUT2D eigenvalue weighted by Gasteiger charge is 2.43. The van der Waals surface area contributed by atoms with Crippen molar-refractivity contribution in [3.8, 4) is 22.6 Å². The summed E-state index contributed by atoms with van der Waals surface area (Å²) in [5.74, 6) is -1.09. The van der Waals surface area contributed by atoms with Crippen molar-refractivity contribution in [1.29, 1.82) is 0 Å². The lowest BCUT2D eigenvalue weighted by Crippen LogP contribution is -2.56. The van der Waals surface area contributed by atoms with E-state index in [4.69, 9.17) is 9.15 Å². The predicted octanol–water partition coefficient (Wildman–Crippen LogP) is 5.49. The summed E-state index contributed by atoms with van der Waals surface area (Å²) in [7, 11) is 0. The van der Waals surface area contributed by atoms with Gasteiger partial charge in [0.15, 0.2) is 11.9 Å². The summed E-state index contributed by atoms with van der Waals surface area (Å²) in [4.78, 5) is 40.9. The zero-order chi connectivity index (χ0) is 27.5. The van der Waals surface area contributed by atoms with Crippen molar-refractivity contribution < 1.29 is 18.7 Å². The number of esters is 1. The van der Waals surface area contributed by atoms with Crippen LogP contribution in [0.5, 0.6) is 0 Å². The lowest BCUT2D eigenvalue weighted by atomic mass is 10.0. The SMILES string of the molecule is O=C(CN1CC(n2c(-c3ccccc3)c(-c3ccccc3)oc2=O)C1=O)OC(c1ccccc1)c1ccccc1. The number of ether oxygens (including phenoxy) is 1. The number of aromatic nitrogens is 1. The highest BCUT2D eigenvalue weighted by atomic mass is 16.5. The number of likely N-dealkylation sites (tertiary alicyclic amines) is 1. The van der Waals surface area contributed by atoms with Crippen molar-refractivity contribution in [3.63, 3.8) is 0 Å². The molecule has 0 radical (unpaired) electrons. The van der Waals surface area contributed by atoms with Crippen LogP contribution in [0.2, 0.25) is 0 Å². The van der Waals surface area contributed by atoms with Crippen LogP contribution >= 0.6 is 0 Å². The van der Waals surface area contributed by atoms with E-state index in [0.29, 0.717) is 11.5 Å². The maximum atomic E-state index is 13.3. The van der Waals surface area contributed by atoms with E-state index in [9.17, 15) is 14.4 Å². The van der Waals surface area contributed by atoms with E-state index in [1.165, 1.54) is 9.47 Å². The molecule has 198 valence electrons. The van der Waals surface area contributed by atoms with Crippen LogP contribution in [0.25, 0.3) is 22.6 Å². The number of oxazole rings is 1. The molecule has 7 heteroatoms. The van der Waals surface area contributed by atoms with Gasteiger partial charge in [-0.2, -0.15) is 0 Å². The first-order valence-corrected chi connectivity index (χ1v) is 13.0. The van der Waals surface area contributed by atoms with Crippen LogP contribution in [0, 0.1) is 0 Å². The summed E-state index contributed by atoms with van der Waals surface area (Å²) in [6, 6.07) is 36.9. The van der Waals surface area contributed by atoms with E-state index in [2.05, 4.69) is 0 Å². The molecule has 1 unspecified atom stereocenters. The van der Waals surface area contributed by atoms with Crippen molar-refractivity contribution in [2.45, 2.75) is 12.1 Å². The van der Waals surface area contributed by atoms with Gasteiger partial charge in [0, 0.05) is 11.1 Å². The minimum atomic E-state index is -0.782. The smallest absolute Gasteiger partial charge is 0.420 e. The van der Waals surface area contributed by atoms with Crippen LogP contribution in [0.15, 0.2) is 131 Å². The number of carbonyl (C=O) groups excluding carboxylic acids is 2. The summed E-state index contributed by atoms with van der Waals surface area (Å²) in [6.45, 7) is -0.0346. The van der Waals surface area contributed by atoms with Crippen LogP contribution in [-0.4, -0.2) is 34.4 Å². The summed E-state index contributed by atoms with van der Waals surface area (Å²) in [5.41, 5.74) is 3.69. The van der Waals surface area contributed by atoms with Gasteiger partial charge >= 0.3 is 11.7 Å². The minimum Gasteiger partial charge on any atom is -0.451 e. The van der Waals surface area contributed by atoms with E-state index >= 15 is 0 Å². The molecule has 40 heavy (non-hydrogen) atoms. The summed E-state index contributed by atoms with van der Waals surface area (Å²) < 4.78 is 13.0. The molecule has 2 heterocycles. The second-order valence-electron chi connectivity index (χ2n) is 9.57. The average Bonchev–Trinajstić information content (AvgIpc) is 3.35. The summed E-state index contributed by atoms with van der Waals surface area (Å²) in [5, 5.41) is 0. The van der Waals surface area contributed by atoms with E-state index < -0.39 is 23.9 Å². The molecule has 1 amide bonds. The molecule has 0 spiro atoms. The highest BCUT2D eigenvalue weighted by Crippen LogP contribution is 2.36. The molecule has 1 aliphatic rings. The van der Waals surface area contributed by atoms with Crippen molar-refractivity contribution in [3.05, 3.63) is 143 Å². The number of carbonyl (C=O) groups is 2. The van der Waals surface area contributed by atoms with E-state index in [1.807, 2.05) is 121 Å². The third-order valence-corrected chi connectivity index (χ3v) is 7.00. The third-order valence-electron chi connectivity index (χ3n) is 7.00. The fraction of sp³-hybridized carbons (Fsp3) is 0.121. The summed E-state index contributed by atoms with van der Waals surface area (Å²) >= 11 is 0. The molecule has 7 nitrogen and oxygen atoms in total. The topological polar surface area (TPSA) is 81.8 Å². The van der Waals surface area contributed by atoms with Gasteiger partial charge in [0.25, 0.3) is 0 Å². The fourth-order valence-electron chi connectivity index (χ4n) is 5.04. The molecule has 1 aliphatic heterocycles. The number of hydrogen-bond acceptors (Lipinski definition) is 5. The van der Waals surface area contributed by atoms with Gasteiger partial charge in [-0.25, -0.2) is 4.79 Å². The van der Waals surface area contributed by atoms with E-state index in [0.717, 1.165) is 22.3 Å². The maximum absolute atomic E-state index is 13.3. The number of benzene rings is 4. The Bertz CT molecular complexity index is 1640. The first-order chi connectivity index (χ1) is 19.6. The Morgan fingerprint density at radius 3 is 1.77 bits per heavy atom. The largest absolute Gasteiger partial charge is 0.451 e. The number of nitrogens with zero attached hydrogens (tertiary/aromatic N) is 2. The van der Waals surface area contributed by atoms with Crippen LogP contribution in [0.3, 0.4) is 0 Å². The first kappa shape index (κ1) is 25.1. The third kappa shape index (κ3) is 4.85. The van der Waals surface area contributed by atoms with E-state index in [-0.39, 0.29) is 19.0 Å². The van der Waals surface area contributed by atoms with Gasteiger partial charge in [0.1, 0.15) is 12.6 Å². The Hall–Kier alpha value is -5.17. The Balaban J connectivity index is 1.23. The maximum Gasteiger partial charge on any atom is 0.420 e. The van der Waals surface area contributed by atoms with Crippen molar-refractivity contribution >= 4 is 11.9 Å². The molecule has 1 aromatic heterocycles. The van der Waals surface area contributed by atoms with Crippen molar-refractivity contribution in [2.75, 3.05) is 13.1 Å². The van der Waals surface area contributed by atoms with Crippen LogP contribution < -0.4 is 5.76 Å². The number of amides is 1. The van der Waals surface area contributed by atoms with Gasteiger partial charge in [-0.05, 0) is 11.1 Å². The molecule has 0 aliphatic carbocycles. The normalized spacial score (nSPS) is 14.7. The van der Waals surface area contributed by atoms with Gasteiger partial charge in [-0.3, -0.25) is 14.2 Å². The zero-order valence-electron chi connectivity index (χ0n) is 21.6. The van der Waals surface area contributed by atoms with Gasteiger partial charge < -0.3 is 14.1 Å². The quantitative estimate of drug-likeness (QED) is 0.196. The number of β-lactam (4-membered cyclic amide) rings is 1. The first-order valence-electron chi connectivity index (χ1n) is 13.0. The average molecular weight is 531 g/mol. The fourth-order valence-corrected chi connectivity index (χ4v) is 5.04. The molecule has 4 aromatic carbocycles. The molecular weight excluding hydrogens is 504 g/mol. The zero-order valence-corrected chi connectivity index (χ0v) is 21.6. The van der Waals surface area contributed by atoms with Crippen molar-refractivity contribution in [2.24, 2.45) is 0 Å². The molecule has 6 rings (SSSR count). The molecule has 0 N–H and O–H groups in total. The highest BCUT2D eigenvalue weighted by molar-refractivity contribution is 5.91. The molecule has 5 aromatic rings. The minimum absolute atomic E-state index is 0.183. The monoisotopic (exact) mass is 530 g/mol. The molecular formula is C33H26N2O5. The number of rotatable bonds is 8. The van der Waals surface area contributed by atoms with E-state index in [1.54, 1.807) is 0 Å². The second kappa shape index (κ2) is 10.9. The molecule has 1 fully saturated rings. The second-order valence-corrected chi connectivity index (χ2v) is 9.57. The standard InChI is InChI=1S/C33H26N2O5/c36-28(39-30(24-15-7-2-8-16-24)25-17-9-3-10-18-25)22-34-21-27(32(34)37)35-29(23-13-5-1-6-14-23)31(40-33(35)38)26-19-11-4-12-20-26/h1-20,27,30H,21-22H2. The predicted molar refractivity (Wildman–Crippen MR) is 150 cm³/mol. The lowest BCUT2D eigenvalue weighted by Gasteiger charge is -2.38. The van der Waals surface area contributed by atoms with Gasteiger partial charge in [-0.15, -0.1) is 0 Å². The Kier molecular flexibility index (Phi) is 6.85. The Morgan fingerprint density at radius 2 is 1.25 bits per heavy atom. The lowest BCUT2D eigenvalue weighted by molar-refractivity contribution is -0.159. The molecule has 0 bridgehead atoms. The molecule has 0 saturated carbocycles. The number of hydrogen-bond donors (Lipinski definition) is 0. The van der Waals surface area contributed by atoms with Gasteiger partial charge in [0.2, 0.25) is 5.91 Å². The van der Waals surface area contributed by atoms with Gasteiger partial charge in [0.05, 0.1) is 12.2 Å². The summed E-state index contributed by atoms with van der Waals surface area (Å²) in [6.07, 6.45) is -0.600. The van der Waals surface area contributed by atoms with Crippen LogP contribution in [0.1, 0.15) is 23.3 Å². The van der Waals surface area contributed by atoms with Crippen LogP contribution in [0.4, 0.5) is 0 Å². The van der Waals surface area contributed by atoms with Gasteiger partial charge in [-0.1, -0.05) is 121 Å². The Labute approximate surface area is 230 Å². The molecule has 1 atom stereocenters. The van der Waals surface area contributed by atoms with Crippen molar-refractivity contribution in [1.82, 2.24) is 9.47 Å². The Morgan fingerprint density at radius 1 is 0.750 bits per heavy atom. The van der Waals surface area contributed by atoms with Crippen LogP contribution in [-0.2, 0) is 14.3 Å². The molecule has 1 saturated heterocycles.